The number of nitriles is 2. The van der Waals surface area contributed by atoms with Crippen molar-refractivity contribution in [2.24, 2.45) is 0 Å². The van der Waals surface area contributed by atoms with E-state index in [1.54, 1.807) is 24.3 Å². The molecule has 0 N–H and O–H groups in total. The zero-order chi connectivity index (χ0) is 26.9. The molecule has 0 aliphatic carbocycles. The molecule has 3 heterocycles. The molecule has 4 aromatic rings. The van der Waals surface area contributed by atoms with Crippen LogP contribution in [-0.2, 0) is 6.54 Å². The van der Waals surface area contributed by atoms with Crippen LogP contribution in [0.4, 0.5) is 0 Å². The Morgan fingerprint density at radius 2 is 1.47 bits per heavy atom. The maximum absolute atomic E-state index is 8.87. The van der Waals surface area contributed by atoms with E-state index in [0.717, 1.165) is 40.9 Å². The second kappa shape index (κ2) is 11.8. The highest BCUT2D eigenvalue weighted by Crippen LogP contribution is 2.33. The molecule has 0 amide bonds. The summed E-state index contributed by atoms with van der Waals surface area (Å²) in [6, 6.07) is 19.4. The largest absolute Gasteiger partial charge is 0.457 e. The van der Waals surface area contributed by atoms with Crippen LogP contribution in [0.15, 0.2) is 93.1 Å². The van der Waals surface area contributed by atoms with Crippen LogP contribution in [0.25, 0.3) is 55.5 Å². The van der Waals surface area contributed by atoms with Crippen molar-refractivity contribution in [1.29, 1.82) is 10.5 Å². The van der Waals surface area contributed by atoms with Crippen molar-refractivity contribution in [3.8, 4) is 34.9 Å². The molecule has 7 heteroatoms. The number of hydrogen-bond donors (Lipinski definition) is 0. The van der Waals surface area contributed by atoms with Crippen molar-refractivity contribution in [2.45, 2.75) is 19.9 Å². The molecule has 1 aromatic carbocycles. The van der Waals surface area contributed by atoms with Gasteiger partial charge in [0.05, 0.1) is 31.0 Å². The lowest BCUT2D eigenvalue weighted by molar-refractivity contribution is 0.562. The number of aromatic nitrogens is 1. The SMILES string of the molecule is [C-]#[N+]/C(C#N)=C\C=C\c1ccc(-c2ccc3cc(-c4ccc(/C=C/C=C(\C#N)[N+]#[C-])o4)n(CCC)c3c2)o1. The minimum Gasteiger partial charge on any atom is -0.457 e. The summed E-state index contributed by atoms with van der Waals surface area (Å²) in [6.45, 7) is 16.8. The maximum Gasteiger partial charge on any atom is 0.261 e. The third-order valence-electron chi connectivity index (χ3n) is 5.64. The number of benzene rings is 1. The van der Waals surface area contributed by atoms with E-state index in [9.17, 15) is 0 Å². The summed E-state index contributed by atoms with van der Waals surface area (Å²) in [7, 11) is 0. The van der Waals surface area contributed by atoms with Crippen molar-refractivity contribution in [1.82, 2.24) is 4.57 Å². The minimum atomic E-state index is 0.00994. The molecule has 38 heavy (non-hydrogen) atoms. The zero-order valence-corrected chi connectivity index (χ0v) is 20.5. The highest BCUT2D eigenvalue weighted by Gasteiger charge is 2.15. The van der Waals surface area contributed by atoms with Crippen LogP contribution in [-0.4, -0.2) is 4.57 Å². The number of hydrogen-bond acceptors (Lipinski definition) is 4. The summed E-state index contributed by atoms with van der Waals surface area (Å²) in [4.78, 5) is 6.26. The van der Waals surface area contributed by atoms with Crippen LogP contribution < -0.4 is 0 Å². The van der Waals surface area contributed by atoms with Crippen molar-refractivity contribution in [3.05, 3.63) is 119 Å². The number of nitrogens with zero attached hydrogens (tertiary/aromatic N) is 5. The Balaban J connectivity index is 1.65. The summed E-state index contributed by atoms with van der Waals surface area (Å²) in [5, 5.41) is 18.8. The topological polar surface area (TPSA) is 87.5 Å². The van der Waals surface area contributed by atoms with E-state index < -0.39 is 0 Å². The Hall–Kier alpha value is -5.76. The smallest absolute Gasteiger partial charge is 0.261 e. The van der Waals surface area contributed by atoms with Gasteiger partial charge in [-0.1, -0.05) is 31.2 Å². The van der Waals surface area contributed by atoms with Crippen LogP contribution >= 0.6 is 0 Å². The fourth-order valence-corrected chi connectivity index (χ4v) is 3.92. The van der Waals surface area contributed by atoms with E-state index in [1.165, 1.54) is 12.2 Å². The van der Waals surface area contributed by atoms with Gasteiger partial charge in [0.25, 0.3) is 11.4 Å². The van der Waals surface area contributed by atoms with Gasteiger partial charge in [0.2, 0.25) is 0 Å². The Labute approximate surface area is 220 Å². The molecular formula is C31H21N5O2. The lowest BCUT2D eigenvalue weighted by Gasteiger charge is -2.08. The molecule has 0 saturated heterocycles. The number of furan rings is 2. The molecule has 0 radical (unpaired) electrons. The first-order valence-electron chi connectivity index (χ1n) is 11.8. The monoisotopic (exact) mass is 495 g/mol. The van der Waals surface area contributed by atoms with Gasteiger partial charge >= 0.3 is 0 Å². The number of rotatable bonds is 8. The van der Waals surface area contributed by atoms with E-state index in [1.807, 2.05) is 42.5 Å². The molecule has 0 unspecified atom stereocenters. The highest BCUT2D eigenvalue weighted by molar-refractivity contribution is 5.89. The third kappa shape index (κ3) is 5.55. The van der Waals surface area contributed by atoms with E-state index in [-0.39, 0.29) is 11.4 Å². The second-order valence-corrected chi connectivity index (χ2v) is 8.13. The first kappa shape index (κ1) is 25.3. The summed E-state index contributed by atoms with van der Waals surface area (Å²) < 4.78 is 14.3. The zero-order valence-electron chi connectivity index (χ0n) is 20.5. The van der Waals surface area contributed by atoms with Crippen LogP contribution in [0, 0.1) is 35.8 Å². The Kier molecular flexibility index (Phi) is 7.86. The third-order valence-corrected chi connectivity index (χ3v) is 5.64. The summed E-state index contributed by atoms with van der Waals surface area (Å²) in [6.07, 6.45) is 10.5. The lowest BCUT2D eigenvalue weighted by atomic mass is 10.1. The van der Waals surface area contributed by atoms with Gasteiger partial charge in [0, 0.05) is 23.0 Å². The van der Waals surface area contributed by atoms with Gasteiger partial charge in [-0.25, -0.2) is 20.2 Å². The predicted octanol–water partition coefficient (Wildman–Crippen LogP) is 8.25. The lowest BCUT2D eigenvalue weighted by Crippen LogP contribution is -1.98. The number of allylic oxidation sites excluding steroid dienone is 6. The Morgan fingerprint density at radius 3 is 2.05 bits per heavy atom. The molecule has 3 aromatic heterocycles. The van der Waals surface area contributed by atoms with E-state index in [4.69, 9.17) is 32.5 Å². The molecule has 182 valence electrons. The predicted molar refractivity (Wildman–Crippen MR) is 146 cm³/mol. The molecule has 0 aliphatic heterocycles. The molecule has 7 nitrogen and oxygen atoms in total. The normalized spacial score (nSPS) is 12.0. The molecule has 4 rings (SSSR count). The van der Waals surface area contributed by atoms with Crippen LogP contribution in [0.3, 0.4) is 0 Å². The molecular weight excluding hydrogens is 474 g/mol. The van der Waals surface area contributed by atoms with Gasteiger partial charge in [-0.2, -0.15) is 0 Å². The fourth-order valence-electron chi connectivity index (χ4n) is 3.92. The first-order chi connectivity index (χ1) is 18.6. The van der Waals surface area contributed by atoms with Gasteiger partial charge in [0.15, 0.2) is 5.76 Å². The Morgan fingerprint density at radius 1 is 0.868 bits per heavy atom. The summed E-state index contributed by atoms with van der Waals surface area (Å²) in [5.41, 5.74) is 2.96. The summed E-state index contributed by atoms with van der Waals surface area (Å²) in [5.74, 6) is 2.67. The summed E-state index contributed by atoms with van der Waals surface area (Å²) >= 11 is 0. The molecule has 0 saturated carbocycles. The van der Waals surface area contributed by atoms with Crippen molar-refractivity contribution in [2.75, 3.05) is 0 Å². The fraction of sp³-hybridized carbons (Fsp3) is 0.0968. The standard InChI is InChI=1S/C31H21N5O2/c1-4-17-36-28-19-23(30-15-13-26(37-30)9-5-7-24(20-32)34-2)12-11-22(28)18-29(36)31-16-14-27(38-31)10-6-8-25(21-33)35-3/h5-16,18-19H,4,17H2,1H3/b9-5+,10-6+,24-7-,25-8+. The van der Waals surface area contributed by atoms with Crippen LogP contribution in [0.1, 0.15) is 24.9 Å². The van der Waals surface area contributed by atoms with Crippen LogP contribution in [0.2, 0.25) is 0 Å². The van der Waals surface area contributed by atoms with Crippen molar-refractivity contribution < 1.29 is 8.83 Å². The number of aryl methyl sites for hydroxylation is 1. The molecule has 0 bridgehead atoms. The average molecular weight is 496 g/mol. The quantitative estimate of drug-likeness (QED) is 0.140. The van der Waals surface area contributed by atoms with Gasteiger partial charge in [-0.3, -0.25) is 0 Å². The van der Waals surface area contributed by atoms with Crippen molar-refractivity contribution in [3.63, 3.8) is 0 Å². The molecule has 0 spiro atoms. The van der Waals surface area contributed by atoms with E-state index in [0.29, 0.717) is 17.3 Å². The van der Waals surface area contributed by atoms with Gasteiger partial charge in [0.1, 0.15) is 17.3 Å². The first-order valence-corrected chi connectivity index (χ1v) is 11.8. The van der Waals surface area contributed by atoms with Gasteiger partial charge in [-0.15, -0.1) is 0 Å². The highest BCUT2D eigenvalue weighted by atomic mass is 16.3. The maximum atomic E-state index is 8.87. The average Bonchev–Trinajstić information content (AvgIpc) is 3.68. The Bertz CT molecular complexity index is 1740. The molecule has 0 fully saturated rings. The van der Waals surface area contributed by atoms with Gasteiger partial charge in [-0.05, 0) is 67.1 Å². The van der Waals surface area contributed by atoms with Crippen molar-refractivity contribution >= 4 is 23.1 Å². The molecule has 0 atom stereocenters. The van der Waals surface area contributed by atoms with E-state index >= 15 is 0 Å². The van der Waals surface area contributed by atoms with Crippen LogP contribution in [0.5, 0.6) is 0 Å². The number of fused-ring (bicyclic) bond motifs is 1. The second-order valence-electron chi connectivity index (χ2n) is 8.13. The van der Waals surface area contributed by atoms with Gasteiger partial charge < -0.3 is 13.4 Å². The van der Waals surface area contributed by atoms with E-state index in [2.05, 4.69) is 39.4 Å². The minimum absolute atomic E-state index is 0.00994. The molecule has 0 aliphatic rings.